The molecule has 1 amide bonds. The van der Waals surface area contributed by atoms with Crippen molar-refractivity contribution in [3.05, 3.63) is 64.4 Å². The fourth-order valence-corrected chi connectivity index (χ4v) is 3.14. The van der Waals surface area contributed by atoms with Gasteiger partial charge in [0.15, 0.2) is 0 Å². The Hall–Kier alpha value is -2.91. The van der Waals surface area contributed by atoms with Gasteiger partial charge in [0.05, 0.1) is 22.7 Å². The summed E-state index contributed by atoms with van der Waals surface area (Å²) >= 11 is 5.93. The molecule has 7 heteroatoms. The van der Waals surface area contributed by atoms with Gasteiger partial charge < -0.3 is 9.74 Å². The summed E-state index contributed by atoms with van der Waals surface area (Å²) in [4.78, 5) is 19.0. The van der Waals surface area contributed by atoms with Gasteiger partial charge in [0, 0.05) is 17.8 Å². The molecule has 1 saturated heterocycles. The quantitative estimate of drug-likeness (QED) is 0.403. The molecular weight excluding hydrogens is 381 g/mol. The zero-order chi connectivity index (χ0) is 20.3. The van der Waals surface area contributed by atoms with E-state index in [1.54, 1.807) is 17.0 Å². The molecule has 0 bridgehead atoms. The molecule has 2 aromatic carbocycles. The van der Waals surface area contributed by atoms with Crippen LogP contribution in [0.25, 0.3) is 0 Å². The van der Waals surface area contributed by atoms with Crippen LogP contribution in [0.2, 0.25) is 5.02 Å². The molecule has 0 saturated carbocycles. The Morgan fingerprint density at radius 3 is 2.64 bits per heavy atom. The van der Waals surface area contributed by atoms with Crippen LogP contribution in [0.4, 0.5) is 10.1 Å². The number of carbonyl (C=O) groups is 1. The van der Waals surface area contributed by atoms with Crippen molar-refractivity contribution in [1.82, 2.24) is 0 Å². The van der Waals surface area contributed by atoms with Gasteiger partial charge in [0.1, 0.15) is 18.3 Å². The molecule has 0 aliphatic carbocycles. The summed E-state index contributed by atoms with van der Waals surface area (Å²) in [6, 6.07) is 13.4. The normalized spacial score (nSPS) is 16.5. The summed E-state index contributed by atoms with van der Waals surface area (Å²) in [5, 5.41) is 13.5. The summed E-state index contributed by atoms with van der Waals surface area (Å²) in [7, 11) is 0. The summed E-state index contributed by atoms with van der Waals surface area (Å²) in [5.41, 5.74) is 1.83. The summed E-state index contributed by atoms with van der Waals surface area (Å²) in [6.45, 7) is 4.58. The van der Waals surface area contributed by atoms with Gasteiger partial charge in [-0.1, -0.05) is 35.0 Å². The Morgan fingerprint density at radius 2 is 2.07 bits per heavy atom. The minimum Gasteiger partial charge on any atom is -0.391 e. The average molecular weight is 400 g/mol. The van der Waals surface area contributed by atoms with E-state index < -0.39 is 11.7 Å². The Bertz CT molecular complexity index is 951. The Labute approximate surface area is 168 Å². The molecule has 0 spiro atoms. The van der Waals surface area contributed by atoms with Crippen molar-refractivity contribution in [1.29, 1.82) is 5.26 Å². The minimum absolute atomic E-state index is 0.0690. The van der Waals surface area contributed by atoms with E-state index in [2.05, 4.69) is 11.2 Å². The number of halogens is 2. The third kappa shape index (κ3) is 4.15. The van der Waals surface area contributed by atoms with Gasteiger partial charge >= 0.3 is 0 Å². The fourth-order valence-electron chi connectivity index (χ4n) is 2.92. The largest absolute Gasteiger partial charge is 0.391 e. The predicted octanol–water partition coefficient (Wildman–Crippen LogP) is 4.66. The van der Waals surface area contributed by atoms with Crippen molar-refractivity contribution in [2.75, 3.05) is 11.4 Å². The van der Waals surface area contributed by atoms with Crippen LogP contribution in [0.5, 0.6) is 0 Å². The topological polar surface area (TPSA) is 65.7 Å². The lowest BCUT2D eigenvalue weighted by atomic mass is 9.82. The van der Waals surface area contributed by atoms with E-state index in [0.717, 1.165) is 11.3 Å². The highest BCUT2D eigenvalue weighted by molar-refractivity contribution is 6.31. The van der Waals surface area contributed by atoms with E-state index in [0.29, 0.717) is 12.1 Å². The monoisotopic (exact) mass is 399 g/mol. The summed E-state index contributed by atoms with van der Waals surface area (Å²) in [5.74, 6) is -0.929. The molecule has 1 heterocycles. The lowest BCUT2D eigenvalue weighted by Gasteiger charge is -2.44. The lowest BCUT2D eigenvalue weighted by Crippen LogP contribution is -2.58. The number of benzene rings is 2. The number of hydrogen-bond acceptors (Lipinski definition) is 4. The van der Waals surface area contributed by atoms with Crippen molar-refractivity contribution in [3.63, 3.8) is 0 Å². The van der Waals surface area contributed by atoms with Gasteiger partial charge in [-0.3, -0.25) is 4.79 Å². The van der Waals surface area contributed by atoms with Gasteiger partial charge in [-0.2, -0.15) is 5.26 Å². The number of amides is 1. The Morgan fingerprint density at radius 1 is 1.36 bits per heavy atom. The maximum absolute atomic E-state index is 13.0. The number of carbonyl (C=O) groups excluding carboxylic acids is 1. The Balaban J connectivity index is 1.60. The summed E-state index contributed by atoms with van der Waals surface area (Å²) < 4.78 is 13.0. The second kappa shape index (κ2) is 7.99. The summed E-state index contributed by atoms with van der Waals surface area (Å²) in [6.07, 6.45) is 1.39. The highest BCUT2D eigenvalue weighted by Gasteiger charge is 2.44. The molecule has 1 aliphatic rings. The number of rotatable bonds is 6. The van der Waals surface area contributed by atoms with Gasteiger partial charge in [0.2, 0.25) is 5.91 Å². The van der Waals surface area contributed by atoms with E-state index in [1.165, 1.54) is 24.4 Å². The van der Waals surface area contributed by atoms with Gasteiger partial charge in [-0.05, 0) is 43.7 Å². The van der Waals surface area contributed by atoms with Crippen molar-refractivity contribution >= 4 is 29.4 Å². The third-order valence-electron chi connectivity index (χ3n) is 4.60. The lowest BCUT2D eigenvalue weighted by molar-refractivity contribution is -0.132. The Kier molecular flexibility index (Phi) is 5.66. The predicted molar refractivity (Wildman–Crippen MR) is 106 cm³/mol. The molecule has 5 nitrogen and oxygen atoms in total. The van der Waals surface area contributed by atoms with E-state index in [9.17, 15) is 14.4 Å². The molecule has 144 valence electrons. The van der Waals surface area contributed by atoms with E-state index in [-0.39, 0.29) is 23.0 Å². The van der Waals surface area contributed by atoms with Crippen LogP contribution < -0.4 is 4.90 Å². The fraction of sp³-hybridized carbons (Fsp3) is 0.286. The van der Waals surface area contributed by atoms with E-state index in [1.807, 2.05) is 26.0 Å². The van der Waals surface area contributed by atoms with E-state index >= 15 is 0 Å². The second-order valence-corrected chi connectivity index (χ2v) is 7.64. The molecule has 0 unspecified atom stereocenters. The SMILES string of the molecule is CC1(C)CN(c2ccc([C@H](C#N)/C=N\OCc3ccc(F)cc3Cl)cc2)C1=O. The van der Waals surface area contributed by atoms with Crippen LogP contribution in [0, 0.1) is 22.6 Å². The standard InChI is InChI=1S/C21H19ClFN3O2/c1-21(2)13-26(20(21)27)18-7-4-14(5-8-18)16(10-24)11-25-28-12-15-3-6-17(23)9-19(15)22/h3-9,11,16H,12-13H2,1-2H3/b25-11-/t16-/m1/s1. The van der Waals surface area contributed by atoms with Crippen molar-refractivity contribution in [2.24, 2.45) is 10.6 Å². The van der Waals surface area contributed by atoms with Gasteiger partial charge in [-0.25, -0.2) is 4.39 Å². The van der Waals surface area contributed by atoms with Crippen molar-refractivity contribution < 1.29 is 14.0 Å². The molecule has 0 N–H and O–H groups in total. The zero-order valence-electron chi connectivity index (χ0n) is 15.5. The molecule has 28 heavy (non-hydrogen) atoms. The van der Waals surface area contributed by atoms with Crippen molar-refractivity contribution in [2.45, 2.75) is 26.4 Å². The number of hydrogen-bond donors (Lipinski definition) is 0. The van der Waals surface area contributed by atoms with Crippen LogP contribution in [0.15, 0.2) is 47.6 Å². The number of nitrogens with zero attached hydrogens (tertiary/aromatic N) is 3. The van der Waals surface area contributed by atoms with Crippen LogP contribution in [0.1, 0.15) is 30.9 Å². The van der Waals surface area contributed by atoms with Crippen LogP contribution >= 0.6 is 11.6 Å². The first kappa shape index (κ1) is 19.8. The molecule has 2 aromatic rings. The third-order valence-corrected chi connectivity index (χ3v) is 4.95. The van der Waals surface area contributed by atoms with Crippen LogP contribution in [-0.2, 0) is 16.2 Å². The van der Waals surface area contributed by atoms with E-state index in [4.69, 9.17) is 16.4 Å². The molecule has 1 atom stereocenters. The molecule has 3 rings (SSSR count). The molecular formula is C21H19ClFN3O2. The minimum atomic E-state index is -0.596. The molecule has 0 aromatic heterocycles. The average Bonchev–Trinajstić information content (AvgIpc) is 2.68. The van der Waals surface area contributed by atoms with Gasteiger partial charge in [0.25, 0.3) is 0 Å². The number of nitriles is 1. The first-order valence-corrected chi connectivity index (χ1v) is 9.10. The highest BCUT2D eigenvalue weighted by Crippen LogP contribution is 2.35. The number of β-lactam (4-membered cyclic amide) rings is 1. The first-order chi connectivity index (χ1) is 13.3. The molecule has 1 aliphatic heterocycles. The molecule has 0 radical (unpaired) electrons. The second-order valence-electron chi connectivity index (χ2n) is 7.24. The highest BCUT2D eigenvalue weighted by atomic mass is 35.5. The maximum Gasteiger partial charge on any atom is 0.234 e. The van der Waals surface area contributed by atoms with Crippen molar-refractivity contribution in [3.8, 4) is 6.07 Å². The van der Waals surface area contributed by atoms with Gasteiger partial charge in [-0.15, -0.1) is 0 Å². The zero-order valence-corrected chi connectivity index (χ0v) is 16.3. The number of anilines is 1. The smallest absolute Gasteiger partial charge is 0.234 e. The molecule has 1 fully saturated rings. The maximum atomic E-state index is 13.0. The van der Waals surface area contributed by atoms with Crippen LogP contribution in [-0.4, -0.2) is 18.7 Å². The van der Waals surface area contributed by atoms with Crippen LogP contribution in [0.3, 0.4) is 0 Å². The number of oxime groups is 1. The first-order valence-electron chi connectivity index (χ1n) is 8.73.